The van der Waals surface area contributed by atoms with Gasteiger partial charge in [-0.15, -0.1) is 0 Å². The Morgan fingerprint density at radius 1 is 0.475 bits per heavy atom. The molecule has 0 aliphatic carbocycles. The quantitative estimate of drug-likeness (QED) is 0.0174. The first-order valence-electron chi connectivity index (χ1n) is 26.1. The minimum absolute atomic E-state index is 0.0123. The lowest BCUT2D eigenvalue weighted by Crippen LogP contribution is -2.67. The highest BCUT2D eigenvalue weighted by Gasteiger charge is 2.57. The van der Waals surface area contributed by atoms with Crippen molar-refractivity contribution < 1.29 is 76.0 Å². The molecule has 15 atom stereocenters. The van der Waals surface area contributed by atoms with Gasteiger partial charge in [0.15, 0.2) is 25.0 Å². The van der Waals surface area contributed by atoms with Crippen molar-refractivity contribution >= 4 is 17.9 Å². The van der Waals surface area contributed by atoms with Gasteiger partial charge in [0.1, 0.15) is 74.1 Å². The number of carbonyl (C=O) groups excluding carboxylic acids is 3. The third kappa shape index (κ3) is 15.3. The van der Waals surface area contributed by atoms with E-state index in [4.69, 9.17) is 61.6 Å². The van der Waals surface area contributed by atoms with Crippen molar-refractivity contribution in [3.05, 3.63) is 200 Å². The zero-order valence-corrected chi connectivity index (χ0v) is 44.6. The summed E-state index contributed by atoms with van der Waals surface area (Å²) in [7, 11) is 2.83. The average Bonchev–Trinajstić information content (AvgIpc) is 3.51. The molecular weight excluding hydrogens is 1040 g/mol. The Morgan fingerprint density at radius 2 is 0.887 bits per heavy atom. The molecule has 0 aromatic heterocycles. The number of benzene rings is 5. The lowest BCUT2D eigenvalue weighted by Gasteiger charge is -2.51. The zero-order valence-electron chi connectivity index (χ0n) is 44.6. The number of azide groups is 2. The Bertz CT molecular complexity index is 2820. The van der Waals surface area contributed by atoms with Crippen LogP contribution in [-0.4, -0.2) is 137 Å². The maximum absolute atomic E-state index is 14.6. The van der Waals surface area contributed by atoms with Crippen LogP contribution >= 0.6 is 0 Å². The van der Waals surface area contributed by atoms with Crippen molar-refractivity contribution in [2.45, 2.75) is 132 Å². The molecule has 80 heavy (non-hydrogen) atoms. The molecule has 22 nitrogen and oxygen atoms in total. The number of rotatable bonds is 25. The molecule has 3 heterocycles. The molecule has 0 amide bonds. The molecule has 0 bridgehead atoms. The normalized spacial score (nSPS) is 28.3. The largest absolute Gasteiger partial charge is 0.463 e. The summed E-state index contributed by atoms with van der Waals surface area (Å²) in [5.74, 6) is -2.16. The second kappa shape index (κ2) is 29.8. The molecule has 5 aromatic carbocycles. The summed E-state index contributed by atoms with van der Waals surface area (Å²) in [4.78, 5) is 47.2. The van der Waals surface area contributed by atoms with Gasteiger partial charge >= 0.3 is 17.9 Å². The zero-order chi connectivity index (χ0) is 56.2. The number of esters is 3. The molecule has 3 aliphatic heterocycles. The maximum Gasteiger partial charge on any atom is 0.338 e. The Balaban J connectivity index is 1.23. The van der Waals surface area contributed by atoms with E-state index in [0.717, 1.165) is 11.1 Å². The van der Waals surface area contributed by atoms with Crippen LogP contribution in [0.2, 0.25) is 0 Å². The summed E-state index contributed by atoms with van der Waals surface area (Å²) in [6, 6.07) is 41.8. The van der Waals surface area contributed by atoms with E-state index >= 15 is 0 Å². The molecule has 22 heteroatoms. The predicted octanol–water partition coefficient (Wildman–Crippen LogP) is 8.76. The Labute approximate surface area is 462 Å². The molecule has 3 saturated heterocycles. The van der Waals surface area contributed by atoms with Gasteiger partial charge in [-0.05, 0) is 58.4 Å². The summed E-state index contributed by atoms with van der Waals surface area (Å²) >= 11 is 0. The second-order valence-electron chi connectivity index (χ2n) is 18.9. The van der Waals surface area contributed by atoms with E-state index in [1.807, 2.05) is 97.9 Å². The average molecular weight is 1100 g/mol. The smallest absolute Gasteiger partial charge is 0.338 e. The fraction of sp³-hybridized carbons (Fsp3) is 0.431. The lowest BCUT2D eigenvalue weighted by atomic mass is 9.93. The van der Waals surface area contributed by atoms with E-state index in [9.17, 15) is 25.4 Å². The Kier molecular flexibility index (Phi) is 21.9. The highest BCUT2D eigenvalue weighted by Crippen LogP contribution is 2.39. The standard InChI is InChI=1S/C58H64N6O16/c1-5-42-48(51(45(61-63-59)56(69-4)75-42)72-32-38-23-13-7-14-24-38)80-58-53(78-55(67)41-29-19-10-20-30-41)52(73-33-39-25-15-8-16-26-39)49(44(77-58)34-70-36(2)65)79-57-46(62-64-60)50(71-31-37-21-11-6-12-22-37)47(68-3)43(76-57)35-74-54(66)40-27-17-9-18-28-40/h6-30,42-53,56-58H,5,31-35H2,1-4H3/t42?,43?,44-,45+,46+,47?,48?,49+,50+,51-,52?,53?,56?,57?,58+/m0/s1. The summed E-state index contributed by atoms with van der Waals surface area (Å²) in [6.45, 7) is 2.11. The lowest BCUT2D eigenvalue weighted by molar-refractivity contribution is -0.371. The van der Waals surface area contributed by atoms with Crippen LogP contribution in [0.1, 0.15) is 57.7 Å². The van der Waals surface area contributed by atoms with Crippen LogP contribution in [0.5, 0.6) is 0 Å². The first-order chi connectivity index (χ1) is 39.1. The molecule has 0 N–H and O–H groups in total. The van der Waals surface area contributed by atoms with Gasteiger partial charge in [-0.2, -0.15) is 0 Å². The van der Waals surface area contributed by atoms with Crippen LogP contribution in [0.15, 0.2) is 162 Å². The molecule has 0 saturated carbocycles. The van der Waals surface area contributed by atoms with Crippen LogP contribution in [0.3, 0.4) is 0 Å². The van der Waals surface area contributed by atoms with Crippen molar-refractivity contribution in [3.8, 4) is 0 Å². The van der Waals surface area contributed by atoms with Gasteiger partial charge in [0.05, 0.1) is 37.1 Å². The number of ether oxygens (including phenoxy) is 13. The van der Waals surface area contributed by atoms with E-state index in [1.54, 1.807) is 60.7 Å². The van der Waals surface area contributed by atoms with Crippen molar-refractivity contribution in [1.82, 2.24) is 0 Å². The predicted molar refractivity (Wildman–Crippen MR) is 284 cm³/mol. The molecule has 3 fully saturated rings. The number of hydrogen-bond donors (Lipinski definition) is 0. The van der Waals surface area contributed by atoms with Gasteiger partial charge in [-0.25, -0.2) is 9.59 Å². The van der Waals surface area contributed by atoms with Crippen LogP contribution < -0.4 is 0 Å². The SMILES string of the molecule is CCC1OC(OC)[C@H](N=[N+]=[N-])[C@H](OCc2ccccc2)C1O[C@H]1O[C@@H](COC(C)=O)[C@@H](OC2OC(COC(=O)c3ccccc3)C(OC)[C@H](OCc3ccccc3)[C@H]2N=[N+]=[N-])C(OCc2ccccc2)C1OC(=O)c1ccccc1. The number of hydrogen-bond acceptors (Lipinski definition) is 18. The van der Waals surface area contributed by atoms with E-state index in [-0.39, 0.29) is 30.9 Å². The van der Waals surface area contributed by atoms with Gasteiger partial charge in [-0.1, -0.05) is 145 Å². The van der Waals surface area contributed by atoms with E-state index < -0.39 is 123 Å². The van der Waals surface area contributed by atoms with Gasteiger partial charge in [-0.3, -0.25) is 4.79 Å². The Hall–Kier alpha value is -7.27. The minimum Gasteiger partial charge on any atom is -0.463 e. The highest BCUT2D eigenvalue weighted by molar-refractivity contribution is 5.89. The number of carbonyl (C=O) groups is 3. The summed E-state index contributed by atoms with van der Waals surface area (Å²) < 4.78 is 84.0. The summed E-state index contributed by atoms with van der Waals surface area (Å²) in [6.07, 6.45) is -16.2. The van der Waals surface area contributed by atoms with Crippen molar-refractivity contribution in [2.24, 2.45) is 10.2 Å². The number of nitrogens with zero attached hydrogens (tertiary/aromatic N) is 6. The molecule has 0 spiro atoms. The highest BCUT2D eigenvalue weighted by atomic mass is 16.8. The van der Waals surface area contributed by atoms with E-state index in [1.165, 1.54) is 21.1 Å². The van der Waals surface area contributed by atoms with Crippen LogP contribution in [0, 0.1) is 0 Å². The molecule has 8 unspecified atom stereocenters. The Morgan fingerprint density at radius 3 is 1.38 bits per heavy atom. The fourth-order valence-corrected chi connectivity index (χ4v) is 9.74. The fourth-order valence-electron chi connectivity index (χ4n) is 9.74. The molecule has 422 valence electrons. The van der Waals surface area contributed by atoms with E-state index in [2.05, 4.69) is 20.1 Å². The van der Waals surface area contributed by atoms with Gasteiger partial charge in [0.2, 0.25) is 0 Å². The van der Waals surface area contributed by atoms with Crippen LogP contribution in [0.4, 0.5) is 0 Å². The topological polar surface area (TPSA) is 269 Å². The van der Waals surface area contributed by atoms with Crippen molar-refractivity contribution in [2.75, 3.05) is 27.4 Å². The van der Waals surface area contributed by atoms with Gasteiger partial charge in [0.25, 0.3) is 0 Å². The monoisotopic (exact) mass is 1100 g/mol. The summed E-state index contributed by atoms with van der Waals surface area (Å²) in [5.41, 5.74) is 22.9. The maximum atomic E-state index is 14.6. The third-order valence-corrected chi connectivity index (χ3v) is 13.6. The number of methoxy groups -OCH3 is 2. The molecule has 5 aromatic rings. The summed E-state index contributed by atoms with van der Waals surface area (Å²) in [5, 5.41) is 8.27. The van der Waals surface area contributed by atoms with Crippen LogP contribution in [-0.2, 0) is 86.2 Å². The van der Waals surface area contributed by atoms with E-state index in [0.29, 0.717) is 12.0 Å². The van der Waals surface area contributed by atoms with Crippen LogP contribution in [0.25, 0.3) is 20.9 Å². The van der Waals surface area contributed by atoms with Crippen molar-refractivity contribution in [3.63, 3.8) is 0 Å². The second-order valence-corrected chi connectivity index (χ2v) is 18.9. The van der Waals surface area contributed by atoms with Gasteiger partial charge in [0, 0.05) is 31.0 Å². The van der Waals surface area contributed by atoms with Gasteiger partial charge < -0.3 is 61.6 Å². The first kappa shape index (κ1) is 58.9. The molecule has 0 radical (unpaired) electrons. The molecule has 3 aliphatic rings. The third-order valence-electron chi connectivity index (χ3n) is 13.6. The van der Waals surface area contributed by atoms with Crippen molar-refractivity contribution in [1.29, 1.82) is 0 Å². The minimum atomic E-state index is -1.62. The molecule has 8 rings (SSSR count). The first-order valence-corrected chi connectivity index (χ1v) is 26.1. The molecular formula is C58H64N6O16.